The summed E-state index contributed by atoms with van der Waals surface area (Å²) in [4.78, 5) is 0. The largest absolute Gasteiger partial charge is 0.309 e. The van der Waals surface area contributed by atoms with E-state index in [1.165, 1.54) is 117 Å². The SMILES string of the molecule is C/C=C\C=C/c1cc(C)cc2c1-c1ccccc1C2(c1ccccc1)c1ccccc1.CC.Cc1ccc(-c2cccc(-c3ccc4c(c3)c3ccccc3n4-c3ccccc3)c2)cc1.Cc1ccc(-c2ccccc2)cc1. The van der Waals surface area contributed by atoms with Crippen LogP contribution in [0.4, 0.5) is 0 Å². The Labute approximate surface area is 462 Å². The first-order chi connectivity index (χ1) is 38.4. The van der Waals surface area contributed by atoms with Crippen molar-refractivity contribution in [2.75, 3.05) is 0 Å². The van der Waals surface area contributed by atoms with Gasteiger partial charge in [0.1, 0.15) is 0 Å². The van der Waals surface area contributed by atoms with Gasteiger partial charge in [-0.05, 0) is 136 Å². The molecule has 11 aromatic carbocycles. The lowest BCUT2D eigenvalue weighted by Crippen LogP contribution is -2.28. The molecule has 0 N–H and O–H groups in total. The molecule has 0 aliphatic heterocycles. The zero-order chi connectivity index (χ0) is 53.8. The summed E-state index contributed by atoms with van der Waals surface area (Å²) < 4.78 is 2.36. The molecule has 0 saturated carbocycles. The average Bonchev–Trinajstić information content (AvgIpc) is 4.16. The van der Waals surface area contributed by atoms with Crippen LogP contribution in [0.5, 0.6) is 0 Å². The summed E-state index contributed by atoms with van der Waals surface area (Å²) in [5, 5.41) is 2.56. The molecule has 0 spiro atoms. The van der Waals surface area contributed by atoms with Crippen molar-refractivity contribution in [1.82, 2.24) is 4.57 Å². The van der Waals surface area contributed by atoms with Gasteiger partial charge in [0.2, 0.25) is 0 Å². The van der Waals surface area contributed by atoms with Crippen LogP contribution < -0.4 is 0 Å². The van der Waals surface area contributed by atoms with Gasteiger partial charge in [-0.2, -0.15) is 0 Å². The van der Waals surface area contributed by atoms with E-state index in [1.54, 1.807) is 0 Å². The number of benzene rings is 11. The Kier molecular flexibility index (Phi) is 16.1. The lowest BCUT2D eigenvalue weighted by atomic mass is 9.67. The number of aromatic nitrogens is 1. The number of para-hydroxylation sites is 2. The van der Waals surface area contributed by atoms with Crippen molar-refractivity contribution in [3.63, 3.8) is 0 Å². The van der Waals surface area contributed by atoms with Gasteiger partial charge in [0.15, 0.2) is 0 Å². The Balaban J connectivity index is 0.000000141. The number of aryl methyl sites for hydroxylation is 3. The summed E-state index contributed by atoms with van der Waals surface area (Å²) in [6.45, 7) is 12.5. The Morgan fingerprint density at radius 2 is 0.821 bits per heavy atom. The zero-order valence-electron chi connectivity index (χ0n) is 45.7. The maximum absolute atomic E-state index is 2.39. The monoisotopic (exact) mass is 1010 g/mol. The first kappa shape index (κ1) is 52.2. The summed E-state index contributed by atoms with van der Waals surface area (Å²) in [7, 11) is 0. The van der Waals surface area contributed by atoms with Crippen molar-refractivity contribution in [1.29, 1.82) is 0 Å². The van der Waals surface area contributed by atoms with E-state index in [4.69, 9.17) is 0 Å². The summed E-state index contributed by atoms with van der Waals surface area (Å²) in [5.74, 6) is 0. The lowest BCUT2D eigenvalue weighted by molar-refractivity contribution is 0.767. The fourth-order valence-electron chi connectivity index (χ4n) is 11.2. The number of hydrogen-bond donors (Lipinski definition) is 0. The van der Waals surface area contributed by atoms with Gasteiger partial charge >= 0.3 is 0 Å². The van der Waals surface area contributed by atoms with Crippen molar-refractivity contribution < 1.29 is 0 Å². The second-order valence-corrected chi connectivity index (χ2v) is 19.8. The molecule has 1 heteroatoms. The van der Waals surface area contributed by atoms with Gasteiger partial charge < -0.3 is 4.57 Å². The van der Waals surface area contributed by atoms with E-state index in [0.29, 0.717) is 0 Å². The second kappa shape index (κ2) is 24.1. The lowest BCUT2D eigenvalue weighted by Gasteiger charge is -2.34. The minimum absolute atomic E-state index is 0.330. The van der Waals surface area contributed by atoms with Gasteiger partial charge in [-0.25, -0.2) is 0 Å². The van der Waals surface area contributed by atoms with Crippen molar-refractivity contribution in [2.24, 2.45) is 0 Å². The van der Waals surface area contributed by atoms with Gasteiger partial charge in [-0.3, -0.25) is 0 Å². The predicted octanol–water partition coefficient (Wildman–Crippen LogP) is 21.1. The third-order valence-electron chi connectivity index (χ3n) is 14.7. The first-order valence-corrected chi connectivity index (χ1v) is 27.4. The fraction of sp³-hybridized carbons (Fsp3) is 0.0909. The molecular weight excluding hydrogens is 939 g/mol. The molecule has 0 atom stereocenters. The van der Waals surface area contributed by atoms with Crippen LogP contribution in [0.15, 0.2) is 291 Å². The van der Waals surface area contributed by atoms with Crippen LogP contribution in [0.25, 0.3) is 78.1 Å². The highest BCUT2D eigenvalue weighted by atomic mass is 15.0. The van der Waals surface area contributed by atoms with Crippen LogP contribution in [0.2, 0.25) is 0 Å². The van der Waals surface area contributed by atoms with E-state index >= 15 is 0 Å². The van der Waals surface area contributed by atoms with E-state index in [1.807, 2.05) is 19.9 Å². The number of hydrogen-bond acceptors (Lipinski definition) is 0. The minimum Gasteiger partial charge on any atom is -0.309 e. The predicted molar refractivity (Wildman–Crippen MR) is 337 cm³/mol. The normalized spacial score (nSPS) is 12.0. The highest BCUT2D eigenvalue weighted by Crippen LogP contribution is 2.57. The topological polar surface area (TPSA) is 4.93 Å². The third-order valence-corrected chi connectivity index (χ3v) is 14.7. The van der Waals surface area contributed by atoms with E-state index in [0.717, 1.165) is 0 Å². The highest BCUT2D eigenvalue weighted by molar-refractivity contribution is 6.10. The maximum Gasteiger partial charge on any atom is 0.0713 e. The molecule has 380 valence electrons. The smallest absolute Gasteiger partial charge is 0.0713 e. The van der Waals surface area contributed by atoms with Crippen molar-refractivity contribution in [3.05, 3.63) is 336 Å². The van der Waals surface area contributed by atoms with Gasteiger partial charge in [0.25, 0.3) is 0 Å². The number of allylic oxidation sites excluding steroid dienone is 3. The van der Waals surface area contributed by atoms with E-state index in [9.17, 15) is 0 Å². The van der Waals surface area contributed by atoms with Crippen molar-refractivity contribution in [2.45, 2.75) is 47.0 Å². The second-order valence-electron chi connectivity index (χ2n) is 19.8. The molecule has 78 heavy (non-hydrogen) atoms. The first-order valence-electron chi connectivity index (χ1n) is 27.4. The zero-order valence-corrected chi connectivity index (χ0v) is 45.7. The molecule has 0 fully saturated rings. The van der Waals surface area contributed by atoms with Crippen LogP contribution in [0.1, 0.15) is 65.3 Å². The molecule has 1 heterocycles. The molecular formula is C77H67N. The standard InChI is InChI=1S/C31H23N.C31H26.C13H12.C2H6/c1-22-14-16-23(17-15-22)24-8-7-9-25(20-24)26-18-19-31-29(21-26)28-12-5-6-13-30(28)32(31)27-10-3-2-4-11-27;1-3-4-7-14-24-21-23(2)22-29-30(24)27-19-12-13-20-28(27)31(29,25-15-8-5-9-16-25)26-17-10-6-11-18-26;1-11-7-9-13(10-8-11)12-5-3-2-4-6-12;1-2/h2-21H,1H3;3-22H,1-2H3;2-10H,1H3;1-2H3/b;4-3-,14-7-;;. The molecule has 0 saturated heterocycles. The molecule has 12 aromatic rings. The number of nitrogens with zero attached hydrogens (tertiary/aromatic N) is 1. The van der Waals surface area contributed by atoms with Gasteiger partial charge in [0.05, 0.1) is 16.4 Å². The fourth-order valence-corrected chi connectivity index (χ4v) is 11.2. The Hall–Kier alpha value is -9.30. The third kappa shape index (κ3) is 10.6. The maximum atomic E-state index is 2.39. The molecule has 0 radical (unpaired) electrons. The molecule has 0 unspecified atom stereocenters. The average molecular weight is 1010 g/mol. The summed E-state index contributed by atoms with van der Waals surface area (Å²) in [5.41, 5.74) is 24.0. The Morgan fingerprint density at radius 1 is 0.346 bits per heavy atom. The molecule has 1 aliphatic carbocycles. The summed E-state index contributed by atoms with van der Waals surface area (Å²) >= 11 is 0. The van der Waals surface area contributed by atoms with Crippen LogP contribution >= 0.6 is 0 Å². The minimum atomic E-state index is -0.330. The Bertz CT molecular complexity index is 3930. The summed E-state index contributed by atoms with van der Waals surface area (Å²) in [6.07, 6.45) is 8.55. The molecule has 13 rings (SSSR count). The molecule has 1 aromatic heterocycles. The summed E-state index contributed by atoms with van der Waals surface area (Å²) in [6, 6.07) is 98.3. The van der Waals surface area contributed by atoms with Gasteiger partial charge in [-0.15, -0.1) is 0 Å². The van der Waals surface area contributed by atoms with Crippen molar-refractivity contribution >= 4 is 27.9 Å². The van der Waals surface area contributed by atoms with Crippen LogP contribution in [-0.4, -0.2) is 4.57 Å². The van der Waals surface area contributed by atoms with Crippen LogP contribution in [0.3, 0.4) is 0 Å². The van der Waals surface area contributed by atoms with Gasteiger partial charge in [-0.1, -0.05) is 291 Å². The molecule has 1 nitrogen and oxygen atoms in total. The highest BCUT2D eigenvalue weighted by Gasteiger charge is 2.46. The Morgan fingerprint density at radius 3 is 1.45 bits per heavy atom. The molecule has 1 aliphatic rings. The van der Waals surface area contributed by atoms with E-state index < -0.39 is 0 Å². The van der Waals surface area contributed by atoms with Crippen molar-refractivity contribution in [3.8, 4) is 50.2 Å². The van der Waals surface area contributed by atoms with Crippen LogP contribution in [-0.2, 0) is 5.41 Å². The van der Waals surface area contributed by atoms with E-state index in [-0.39, 0.29) is 5.41 Å². The van der Waals surface area contributed by atoms with Gasteiger partial charge in [0, 0.05) is 16.5 Å². The van der Waals surface area contributed by atoms with Crippen LogP contribution in [0, 0.1) is 20.8 Å². The molecule has 0 bridgehead atoms. The molecule has 0 amide bonds. The van der Waals surface area contributed by atoms with E-state index in [2.05, 4.69) is 323 Å². The number of fused-ring (bicyclic) bond motifs is 6. The number of rotatable bonds is 8. The quantitative estimate of drug-likeness (QED) is 0.134.